The van der Waals surface area contributed by atoms with Crippen LogP contribution < -0.4 is 5.32 Å². The summed E-state index contributed by atoms with van der Waals surface area (Å²) in [7, 11) is 1.80. The van der Waals surface area contributed by atoms with Gasteiger partial charge in [-0.15, -0.1) is 0 Å². The molecule has 1 N–H and O–H groups in total. The summed E-state index contributed by atoms with van der Waals surface area (Å²) in [6.45, 7) is 1.68. The molecule has 3 rings (SSSR count). The number of likely N-dealkylation sites (tertiary alicyclic amines) is 1. The molecule has 1 aliphatic rings. The average Bonchev–Trinajstić information content (AvgIpc) is 3.00. The fourth-order valence-electron chi connectivity index (χ4n) is 3.00. The van der Waals surface area contributed by atoms with Crippen molar-refractivity contribution in [2.45, 2.75) is 12.8 Å². The molecule has 0 aromatic carbocycles. The summed E-state index contributed by atoms with van der Waals surface area (Å²) in [5.74, 6) is 0.391. The van der Waals surface area contributed by atoms with Gasteiger partial charge >= 0.3 is 0 Å². The van der Waals surface area contributed by atoms with Crippen molar-refractivity contribution < 1.29 is 9.59 Å². The number of pyridine rings is 1. The van der Waals surface area contributed by atoms with Gasteiger partial charge in [-0.1, -0.05) is 6.07 Å². The molecular formula is C17H21N5O2. The molecule has 1 amide bonds. The van der Waals surface area contributed by atoms with Crippen LogP contribution in [0.25, 0.3) is 0 Å². The van der Waals surface area contributed by atoms with E-state index in [1.807, 2.05) is 11.0 Å². The maximum atomic E-state index is 12.5. The highest BCUT2D eigenvalue weighted by molar-refractivity contribution is 5.96. The SMILES string of the molecule is Cn1ccc(NC(=O)CN2CCC[C@@H](C(=O)c3ccccn3)C2)n1. The summed E-state index contributed by atoms with van der Waals surface area (Å²) in [5.41, 5.74) is 0.502. The number of nitrogens with one attached hydrogen (secondary N) is 1. The molecule has 0 unspecified atom stereocenters. The summed E-state index contributed by atoms with van der Waals surface area (Å²) in [5, 5.41) is 6.91. The molecular weight excluding hydrogens is 306 g/mol. The zero-order chi connectivity index (χ0) is 16.9. The number of anilines is 1. The fourth-order valence-corrected chi connectivity index (χ4v) is 3.00. The van der Waals surface area contributed by atoms with E-state index >= 15 is 0 Å². The zero-order valence-corrected chi connectivity index (χ0v) is 13.7. The predicted octanol–water partition coefficient (Wildman–Crippen LogP) is 1.35. The highest BCUT2D eigenvalue weighted by Crippen LogP contribution is 2.20. The summed E-state index contributed by atoms with van der Waals surface area (Å²) < 4.78 is 1.64. The first-order valence-corrected chi connectivity index (χ1v) is 8.09. The van der Waals surface area contributed by atoms with Gasteiger partial charge in [-0.2, -0.15) is 5.10 Å². The van der Waals surface area contributed by atoms with Gasteiger partial charge in [0, 0.05) is 38.0 Å². The van der Waals surface area contributed by atoms with Crippen LogP contribution in [0.2, 0.25) is 0 Å². The van der Waals surface area contributed by atoms with Crippen LogP contribution in [0.15, 0.2) is 36.7 Å². The van der Waals surface area contributed by atoms with E-state index in [2.05, 4.69) is 15.4 Å². The van der Waals surface area contributed by atoms with Crippen LogP contribution in [0, 0.1) is 5.92 Å². The molecule has 0 spiro atoms. The number of aryl methyl sites for hydroxylation is 1. The number of amides is 1. The largest absolute Gasteiger partial charge is 0.308 e. The first-order chi connectivity index (χ1) is 11.6. The van der Waals surface area contributed by atoms with Gasteiger partial charge in [0.1, 0.15) is 5.69 Å². The monoisotopic (exact) mass is 327 g/mol. The van der Waals surface area contributed by atoms with Crippen molar-refractivity contribution in [3.63, 3.8) is 0 Å². The lowest BCUT2D eigenvalue weighted by atomic mass is 9.92. The van der Waals surface area contributed by atoms with E-state index in [9.17, 15) is 9.59 Å². The second-order valence-electron chi connectivity index (χ2n) is 6.08. The minimum atomic E-state index is -0.111. The molecule has 0 radical (unpaired) electrons. The predicted molar refractivity (Wildman–Crippen MR) is 89.6 cm³/mol. The third-order valence-electron chi connectivity index (χ3n) is 4.14. The molecule has 3 heterocycles. The van der Waals surface area contributed by atoms with Gasteiger partial charge in [-0.05, 0) is 31.5 Å². The third-order valence-corrected chi connectivity index (χ3v) is 4.14. The van der Waals surface area contributed by atoms with Gasteiger partial charge in [0.25, 0.3) is 0 Å². The average molecular weight is 327 g/mol. The third kappa shape index (κ3) is 4.05. The van der Waals surface area contributed by atoms with Crippen molar-refractivity contribution in [2.75, 3.05) is 25.0 Å². The van der Waals surface area contributed by atoms with E-state index in [1.165, 1.54) is 0 Å². The molecule has 0 bridgehead atoms. The summed E-state index contributed by atoms with van der Waals surface area (Å²) in [6, 6.07) is 7.11. The molecule has 126 valence electrons. The number of carbonyl (C=O) groups excluding carboxylic acids is 2. The van der Waals surface area contributed by atoms with Gasteiger partial charge in [-0.25, -0.2) is 0 Å². The van der Waals surface area contributed by atoms with Crippen LogP contribution >= 0.6 is 0 Å². The Morgan fingerprint density at radius 2 is 2.21 bits per heavy atom. The normalized spacial score (nSPS) is 18.3. The smallest absolute Gasteiger partial charge is 0.239 e. The number of hydrogen-bond acceptors (Lipinski definition) is 5. The Balaban J connectivity index is 1.55. The first kappa shape index (κ1) is 16.3. The quantitative estimate of drug-likeness (QED) is 0.839. The number of rotatable bonds is 5. The molecule has 7 nitrogen and oxygen atoms in total. The molecule has 0 aliphatic carbocycles. The van der Waals surface area contributed by atoms with Crippen molar-refractivity contribution in [1.82, 2.24) is 19.7 Å². The highest BCUT2D eigenvalue weighted by Gasteiger charge is 2.28. The van der Waals surface area contributed by atoms with Gasteiger partial charge in [-0.3, -0.25) is 24.2 Å². The van der Waals surface area contributed by atoms with E-state index in [0.717, 1.165) is 19.4 Å². The fraction of sp³-hybridized carbons (Fsp3) is 0.412. The molecule has 1 atom stereocenters. The van der Waals surface area contributed by atoms with E-state index in [1.54, 1.807) is 42.3 Å². The topological polar surface area (TPSA) is 80.1 Å². The van der Waals surface area contributed by atoms with Crippen LogP contribution in [-0.4, -0.2) is 51.0 Å². The minimum Gasteiger partial charge on any atom is -0.308 e. The zero-order valence-electron chi connectivity index (χ0n) is 13.7. The second kappa shape index (κ2) is 7.35. The lowest BCUT2D eigenvalue weighted by Crippen LogP contribution is -2.42. The Bertz CT molecular complexity index is 713. The molecule has 1 saturated heterocycles. The van der Waals surface area contributed by atoms with Crippen molar-refractivity contribution in [2.24, 2.45) is 13.0 Å². The first-order valence-electron chi connectivity index (χ1n) is 8.09. The molecule has 2 aromatic rings. The van der Waals surface area contributed by atoms with Crippen LogP contribution in [-0.2, 0) is 11.8 Å². The number of nitrogens with zero attached hydrogens (tertiary/aromatic N) is 4. The number of hydrogen-bond donors (Lipinski definition) is 1. The van der Waals surface area contributed by atoms with E-state index in [4.69, 9.17) is 0 Å². The van der Waals surface area contributed by atoms with Gasteiger partial charge in [0.2, 0.25) is 5.91 Å². The number of carbonyl (C=O) groups is 2. The lowest BCUT2D eigenvalue weighted by molar-refractivity contribution is -0.117. The second-order valence-corrected chi connectivity index (χ2v) is 6.08. The van der Waals surface area contributed by atoms with Gasteiger partial charge in [0.05, 0.1) is 6.54 Å². The van der Waals surface area contributed by atoms with Crippen LogP contribution in [0.5, 0.6) is 0 Å². The van der Waals surface area contributed by atoms with E-state index < -0.39 is 0 Å². The Morgan fingerprint density at radius 3 is 2.92 bits per heavy atom. The maximum Gasteiger partial charge on any atom is 0.239 e. The number of piperidine rings is 1. The Morgan fingerprint density at radius 1 is 1.33 bits per heavy atom. The standard InChI is InChI=1S/C17H21N5O2/c1-21-10-7-15(20-21)19-16(23)12-22-9-4-5-13(11-22)17(24)14-6-2-3-8-18-14/h2-3,6-8,10,13H,4-5,9,11-12H2,1H3,(H,19,20,23)/t13-/m1/s1. The minimum absolute atomic E-state index is 0.0606. The lowest BCUT2D eigenvalue weighted by Gasteiger charge is -2.31. The Labute approximate surface area is 140 Å². The number of Topliss-reactive ketones (excluding diaryl/α,β-unsaturated/α-hetero) is 1. The van der Waals surface area contributed by atoms with Crippen molar-refractivity contribution in [3.8, 4) is 0 Å². The number of ketones is 1. The van der Waals surface area contributed by atoms with Gasteiger partial charge in [0.15, 0.2) is 11.6 Å². The van der Waals surface area contributed by atoms with E-state index in [0.29, 0.717) is 18.1 Å². The summed E-state index contributed by atoms with van der Waals surface area (Å²) >= 11 is 0. The Hall–Kier alpha value is -2.54. The van der Waals surface area contributed by atoms with Gasteiger partial charge < -0.3 is 5.32 Å². The van der Waals surface area contributed by atoms with Crippen LogP contribution in [0.3, 0.4) is 0 Å². The molecule has 2 aromatic heterocycles. The molecule has 7 heteroatoms. The van der Waals surface area contributed by atoms with Crippen molar-refractivity contribution in [3.05, 3.63) is 42.4 Å². The number of aromatic nitrogens is 3. The highest BCUT2D eigenvalue weighted by atomic mass is 16.2. The van der Waals surface area contributed by atoms with Crippen LogP contribution in [0.4, 0.5) is 5.82 Å². The van der Waals surface area contributed by atoms with Crippen LogP contribution in [0.1, 0.15) is 23.3 Å². The molecule has 24 heavy (non-hydrogen) atoms. The molecule has 1 fully saturated rings. The van der Waals surface area contributed by atoms with Crippen molar-refractivity contribution in [1.29, 1.82) is 0 Å². The molecule has 0 saturated carbocycles. The van der Waals surface area contributed by atoms with Crippen molar-refractivity contribution >= 4 is 17.5 Å². The maximum absolute atomic E-state index is 12.5. The Kier molecular flexibility index (Phi) is 5.00. The van der Waals surface area contributed by atoms with E-state index in [-0.39, 0.29) is 24.2 Å². The molecule has 1 aliphatic heterocycles. The summed E-state index contributed by atoms with van der Waals surface area (Å²) in [6.07, 6.45) is 5.15. The summed E-state index contributed by atoms with van der Waals surface area (Å²) in [4.78, 5) is 30.8.